The molecule has 1 aromatic heterocycles. The van der Waals surface area contributed by atoms with Crippen LogP contribution in [0, 0.1) is 13.8 Å². The van der Waals surface area contributed by atoms with Crippen molar-refractivity contribution in [3.05, 3.63) is 57.4 Å². The fourth-order valence-electron chi connectivity index (χ4n) is 2.45. The first-order chi connectivity index (χ1) is 10.4. The van der Waals surface area contributed by atoms with Gasteiger partial charge in [0, 0.05) is 25.2 Å². The molecule has 0 aliphatic rings. The largest absolute Gasteiger partial charge is 0.326 e. The van der Waals surface area contributed by atoms with E-state index in [1.165, 1.54) is 11.1 Å². The zero-order chi connectivity index (χ0) is 16.3. The maximum Gasteiger partial charge on any atom is 0.255 e. The highest BCUT2D eigenvalue weighted by atomic mass is 16.1. The molecule has 1 heterocycles. The monoisotopic (exact) mass is 299 g/mol. The van der Waals surface area contributed by atoms with Crippen LogP contribution in [0.4, 0.5) is 0 Å². The molecule has 1 aromatic carbocycles. The number of likely N-dealkylation sites (N-methyl/N-ethyl adjacent to an activating group) is 1. The summed E-state index contributed by atoms with van der Waals surface area (Å²) in [7, 11) is 4.01. The second-order valence-corrected chi connectivity index (χ2v) is 6.01. The molecule has 0 unspecified atom stereocenters. The normalized spacial score (nSPS) is 11.2. The quantitative estimate of drug-likeness (QED) is 0.920. The Kier molecular flexibility index (Phi) is 5.16. The van der Waals surface area contributed by atoms with Gasteiger partial charge in [-0.15, -0.1) is 0 Å². The highest BCUT2D eigenvalue weighted by Gasteiger charge is 2.10. The predicted octanol–water partition coefficient (Wildman–Crippen LogP) is 2.15. The van der Waals surface area contributed by atoms with Crippen molar-refractivity contribution in [3.63, 3.8) is 0 Å². The van der Waals surface area contributed by atoms with Crippen molar-refractivity contribution in [2.24, 2.45) is 5.73 Å². The summed E-state index contributed by atoms with van der Waals surface area (Å²) < 4.78 is 1.84. The van der Waals surface area contributed by atoms with Gasteiger partial charge in [0.2, 0.25) is 0 Å². The average Bonchev–Trinajstić information content (AvgIpc) is 2.48. The van der Waals surface area contributed by atoms with Gasteiger partial charge in [0.25, 0.3) is 5.56 Å². The molecule has 0 aliphatic carbocycles. The second-order valence-electron chi connectivity index (χ2n) is 6.01. The SMILES string of the molecule is Cc1ccc(-c2ccc(CN)c(=O)n2CCN(C)C)cc1C. The second kappa shape index (κ2) is 6.90. The summed E-state index contributed by atoms with van der Waals surface area (Å²) in [4.78, 5) is 14.7. The van der Waals surface area contributed by atoms with E-state index in [0.717, 1.165) is 17.8 Å². The maximum absolute atomic E-state index is 12.6. The lowest BCUT2D eigenvalue weighted by atomic mass is 10.0. The van der Waals surface area contributed by atoms with Crippen molar-refractivity contribution in [2.45, 2.75) is 26.9 Å². The van der Waals surface area contributed by atoms with E-state index in [4.69, 9.17) is 5.73 Å². The predicted molar refractivity (Wildman–Crippen MR) is 92.1 cm³/mol. The lowest BCUT2D eigenvalue weighted by Gasteiger charge is -2.17. The first-order valence-electron chi connectivity index (χ1n) is 7.59. The summed E-state index contributed by atoms with van der Waals surface area (Å²) in [6, 6.07) is 10.2. The number of nitrogens with zero attached hydrogens (tertiary/aromatic N) is 2. The van der Waals surface area contributed by atoms with Gasteiger partial charge >= 0.3 is 0 Å². The Labute approximate surface area is 132 Å². The van der Waals surface area contributed by atoms with Crippen molar-refractivity contribution in [1.82, 2.24) is 9.47 Å². The highest BCUT2D eigenvalue weighted by Crippen LogP contribution is 2.21. The van der Waals surface area contributed by atoms with Crippen molar-refractivity contribution < 1.29 is 0 Å². The third-order valence-corrected chi connectivity index (χ3v) is 4.05. The van der Waals surface area contributed by atoms with Crippen LogP contribution in [0.1, 0.15) is 16.7 Å². The summed E-state index contributed by atoms with van der Waals surface area (Å²) in [5, 5.41) is 0. The van der Waals surface area contributed by atoms with E-state index in [9.17, 15) is 4.79 Å². The molecule has 0 saturated heterocycles. The van der Waals surface area contributed by atoms with Crippen LogP contribution < -0.4 is 11.3 Å². The molecule has 0 radical (unpaired) electrons. The average molecular weight is 299 g/mol. The minimum atomic E-state index is 0.0140. The number of nitrogens with two attached hydrogens (primary N) is 1. The van der Waals surface area contributed by atoms with Gasteiger partial charge in [0.05, 0.1) is 5.69 Å². The minimum absolute atomic E-state index is 0.0140. The van der Waals surface area contributed by atoms with Gasteiger partial charge < -0.3 is 15.2 Å². The van der Waals surface area contributed by atoms with Crippen molar-refractivity contribution in [1.29, 1.82) is 0 Å². The molecule has 2 rings (SSSR count). The number of hydrogen-bond acceptors (Lipinski definition) is 3. The Morgan fingerprint density at radius 3 is 2.41 bits per heavy atom. The van der Waals surface area contributed by atoms with E-state index in [0.29, 0.717) is 12.1 Å². The Hall–Kier alpha value is -1.91. The maximum atomic E-state index is 12.6. The molecular weight excluding hydrogens is 274 g/mol. The first-order valence-corrected chi connectivity index (χ1v) is 7.59. The molecule has 0 fully saturated rings. The molecule has 0 saturated carbocycles. The standard InChI is InChI=1S/C18H25N3O/c1-13-5-6-15(11-14(13)2)17-8-7-16(12-19)18(22)21(17)10-9-20(3)4/h5-8,11H,9-10,12,19H2,1-4H3. The molecule has 0 amide bonds. The van der Waals surface area contributed by atoms with Gasteiger partial charge in [-0.2, -0.15) is 0 Å². The van der Waals surface area contributed by atoms with E-state index in [1.807, 2.05) is 30.8 Å². The molecule has 118 valence electrons. The summed E-state index contributed by atoms with van der Waals surface area (Å²) in [6.45, 7) is 5.92. The van der Waals surface area contributed by atoms with Crippen LogP contribution in [0.25, 0.3) is 11.3 Å². The third-order valence-electron chi connectivity index (χ3n) is 4.05. The van der Waals surface area contributed by atoms with Crippen LogP contribution in [0.2, 0.25) is 0 Å². The summed E-state index contributed by atoms with van der Waals surface area (Å²) in [5.41, 5.74) is 10.9. The Bertz CT molecular complexity index is 717. The number of pyridine rings is 1. The van der Waals surface area contributed by atoms with Gasteiger partial charge in [0.15, 0.2) is 0 Å². The van der Waals surface area contributed by atoms with E-state index in [-0.39, 0.29) is 12.1 Å². The fourth-order valence-corrected chi connectivity index (χ4v) is 2.45. The van der Waals surface area contributed by atoms with Gasteiger partial charge in [-0.1, -0.05) is 18.2 Å². The molecule has 2 aromatic rings. The molecule has 4 nitrogen and oxygen atoms in total. The number of benzene rings is 1. The zero-order valence-corrected chi connectivity index (χ0v) is 13.9. The fraction of sp³-hybridized carbons (Fsp3) is 0.389. The van der Waals surface area contributed by atoms with Gasteiger partial charge in [-0.25, -0.2) is 0 Å². The van der Waals surface area contributed by atoms with Gasteiger partial charge in [0.1, 0.15) is 0 Å². The van der Waals surface area contributed by atoms with Crippen LogP contribution in [-0.2, 0) is 13.1 Å². The first kappa shape index (κ1) is 16.5. The minimum Gasteiger partial charge on any atom is -0.326 e. The Balaban J connectivity index is 2.56. The van der Waals surface area contributed by atoms with Crippen LogP contribution in [0.3, 0.4) is 0 Å². The summed E-state index contributed by atoms with van der Waals surface area (Å²) >= 11 is 0. The van der Waals surface area contributed by atoms with E-state index < -0.39 is 0 Å². The summed E-state index contributed by atoms with van der Waals surface area (Å²) in [5.74, 6) is 0. The molecule has 2 N–H and O–H groups in total. The lowest BCUT2D eigenvalue weighted by molar-refractivity contribution is 0.381. The smallest absolute Gasteiger partial charge is 0.255 e. The van der Waals surface area contributed by atoms with Gasteiger partial charge in [-0.3, -0.25) is 4.79 Å². The van der Waals surface area contributed by atoms with Crippen LogP contribution in [0.5, 0.6) is 0 Å². The molecule has 22 heavy (non-hydrogen) atoms. The topological polar surface area (TPSA) is 51.3 Å². The van der Waals surface area contributed by atoms with Crippen molar-refractivity contribution in [3.8, 4) is 11.3 Å². The van der Waals surface area contributed by atoms with Crippen molar-refractivity contribution in [2.75, 3.05) is 20.6 Å². The highest BCUT2D eigenvalue weighted by molar-refractivity contribution is 5.61. The van der Waals surface area contributed by atoms with E-state index in [1.54, 1.807) is 0 Å². The van der Waals surface area contributed by atoms with Gasteiger partial charge in [-0.05, 0) is 56.8 Å². The molecule has 0 atom stereocenters. The Morgan fingerprint density at radius 1 is 1.09 bits per heavy atom. The number of rotatable bonds is 5. The van der Waals surface area contributed by atoms with Crippen LogP contribution in [0.15, 0.2) is 35.1 Å². The Morgan fingerprint density at radius 2 is 1.82 bits per heavy atom. The zero-order valence-electron chi connectivity index (χ0n) is 13.9. The van der Waals surface area contributed by atoms with Crippen LogP contribution in [-0.4, -0.2) is 30.1 Å². The molecular formula is C18H25N3O. The van der Waals surface area contributed by atoms with E-state index >= 15 is 0 Å². The molecule has 0 aliphatic heterocycles. The molecule has 0 bridgehead atoms. The van der Waals surface area contributed by atoms with Crippen molar-refractivity contribution >= 4 is 0 Å². The lowest BCUT2D eigenvalue weighted by Crippen LogP contribution is -2.30. The number of hydrogen-bond donors (Lipinski definition) is 1. The molecule has 0 spiro atoms. The number of aromatic nitrogens is 1. The van der Waals surface area contributed by atoms with E-state index in [2.05, 4.69) is 36.9 Å². The van der Waals surface area contributed by atoms with Crippen LogP contribution >= 0.6 is 0 Å². The summed E-state index contributed by atoms with van der Waals surface area (Å²) in [6.07, 6.45) is 0. The molecule has 4 heteroatoms. The number of aryl methyl sites for hydroxylation is 2. The third kappa shape index (κ3) is 3.46.